The first-order chi connectivity index (χ1) is 3.81. The largest absolute Gasteiger partial charge is 0.377 e. The van der Waals surface area contributed by atoms with E-state index in [-0.39, 0.29) is 0 Å². The van der Waals surface area contributed by atoms with Crippen molar-refractivity contribution < 1.29 is 4.74 Å². The molecule has 0 aromatic carbocycles. The first-order valence-electron chi connectivity index (χ1n) is 2.64. The van der Waals surface area contributed by atoms with Gasteiger partial charge < -0.3 is 4.74 Å². The summed E-state index contributed by atoms with van der Waals surface area (Å²) in [6.07, 6.45) is 0. The zero-order valence-electron chi connectivity index (χ0n) is 5.28. The van der Waals surface area contributed by atoms with Crippen LogP contribution in [0.5, 0.6) is 0 Å². The van der Waals surface area contributed by atoms with Crippen molar-refractivity contribution in [2.24, 2.45) is 0 Å². The number of hydrogen-bond donors (Lipinski definition) is 0. The van der Waals surface area contributed by atoms with Gasteiger partial charge in [0, 0.05) is 12.1 Å². The van der Waals surface area contributed by atoms with Crippen molar-refractivity contribution in [2.45, 2.75) is 13.8 Å². The number of ether oxygens (including phenoxy) is 1. The van der Waals surface area contributed by atoms with Gasteiger partial charge in [-0.3, -0.25) is 0 Å². The number of rotatable bonds is 3. The molecule has 0 aliphatic rings. The molecule has 0 aromatic heterocycles. The molecular formula is C6H11ClO. The van der Waals surface area contributed by atoms with Crippen molar-refractivity contribution in [3.8, 4) is 0 Å². The summed E-state index contributed by atoms with van der Waals surface area (Å²) in [6.45, 7) is 5.30. The van der Waals surface area contributed by atoms with E-state index in [0.717, 1.165) is 12.2 Å². The summed E-state index contributed by atoms with van der Waals surface area (Å²) in [6, 6.07) is 0. The summed E-state index contributed by atoms with van der Waals surface area (Å²) in [5.41, 5.74) is 2.60. The second-order valence-electron chi connectivity index (χ2n) is 1.59. The van der Waals surface area contributed by atoms with Gasteiger partial charge in [-0.15, -0.1) is 0 Å². The summed E-state index contributed by atoms with van der Waals surface area (Å²) >= 11 is 5.35. The highest BCUT2D eigenvalue weighted by Gasteiger charge is 1.83. The Labute approximate surface area is 55.3 Å². The molecule has 0 saturated carbocycles. The average molecular weight is 135 g/mol. The summed E-state index contributed by atoms with van der Waals surface area (Å²) in [5, 5.41) is 0. The van der Waals surface area contributed by atoms with E-state index in [0.29, 0.717) is 6.61 Å². The molecule has 0 bridgehead atoms. The molecule has 0 fully saturated rings. The molecule has 1 nitrogen and oxygen atoms in total. The first kappa shape index (κ1) is 7.99. The highest BCUT2D eigenvalue weighted by molar-refractivity contribution is 6.25. The smallest absolute Gasteiger partial charge is 0.0685 e. The normalized spacial score (nSPS) is 12.1. The fraction of sp³-hybridized carbons (Fsp3) is 0.667. The van der Waals surface area contributed by atoms with Crippen LogP contribution >= 0.6 is 11.6 Å². The summed E-state index contributed by atoms with van der Waals surface area (Å²) in [4.78, 5) is 0. The molecule has 0 atom stereocenters. The topological polar surface area (TPSA) is 9.23 Å². The molecule has 0 spiro atoms. The Balaban J connectivity index is 3.12. The van der Waals surface area contributed by atoms with Crippen LogP contribution < -0.4 is 0 Å². The van der Waals surface area contributed by atoms with E-state index < -0.39 is 0 Å². The maximum Gasteiger partial charge on any atom is 0.0685 e. The predicted octanol–water partition coefficient (Wildman–Crippen LogP) is 2.17. The number of hydrogen-bond acceptors (Lipinski definition) is 1. The van der Waals surface area contributed by atoms with Gasteiger partial charge in [0.25, 0.3) is 0 Å². The molecule has 0 radical (unpaired) electrons. The maximum atomic E-state index is 5.35. The van der Waals surface area contributed by atoms with Crippen LogP contribution in [0.15, 0.2) is 11.1 Å². The van der Waals surface area contributed by atoms with Gasteiger partial charge in [-0.1, -0.05) is 11.6 Å². The Bertz CT molecular complexity index is 78.6. The summed E-state index contributed by atoms with van der Waals surface area (Å²) in [5.74, 6) is 0. The van der Waals surface area contributed by atoms with Gasteiger partial charge in [0.05, 0.1) is 6.61 Å². The minimum absolute atomic E-state index is 0.653. The van der Waals surface area contributed by atoms with Gasteiger partial charge in [0.2, 0.25) is 0 Å². The lowest BCUT2D eigenvalue weighted by Gasteiger charge is -1.96. The fourth-order valence-corrected chi connectivity index (χ4v) is 0.358. The molecule has 0 unspecified atom stereocenters. The second kappa shape index (κ2) is 5.13. The van der Waals surface area contributed by atoms with Crippen LogP contribution in [0, 0.1) is 0 Å². The standard InChI is InChI=1S/C6H11ClO/c1-3-8-5-6(2)4-7/h4H,3,5H2,1-2H3. The molecule has 0 rings (SSSR count). The van der Waals surface area contributed by atoms with E-state index in [2.05, 4.69) is 0 Å². The number of halogens is 1. The highest BCUT2D eigenvalue weighted by Crippen LogP contribution is 1.94. The monoisotopic (exact) mass is 134 g/mol. The van der Waals surface area contributed by atoms with Crippen LogP contribution in [0.4, 0.5) is 0 Å². The summed E-state index contributed by atoms with van der Waals surface area (Å²) < 4.78 is 5.03. The molecule has 0 amide bonds. The third-order valence-corrected chi connectivity index (χ3v) is 1.09. The quantitative estimate of drug-likeness (QED) is 0.575. The lowest BCUT2D eigenvalue weighted by Crippen LogP contribution is -1.92. The van der Waals surface area contributed by atoms with Crippen LogP contribution in [-0.2, 0) is 4.74 Å². The van der Waals surface area contributed by atoms with Crippen LogP contribution in [0.2, 0.25) is 0 Å². The fourth-order valence-electron chi connectivity index (χ4n) is 0.295. The molecule has 0 aliphatic heterocycles. The van der Waals surface area contributed by atoms with Gasteiger partial charge in [0.1, 0.15) is 0 Å². The Morgan fingerprint density at radius 1 is 1.75 bits per heavy atom. The molecule has 0 aromatic rings. The Morgan fingerprint density at radius 3 is 2.75 bits per heavy atom. The Morgan fingerprint density at radius 2 is 2.38 bits per heavy atom. The summed E-state index contributed by atoms with van der Waals surface area (Å²) in [7, 11) is 0. The van der Waals surface area contributed by atoms with Crippen LogP contribution in [0.25, 0.3) is 0 Å². The third kappa shape index (κ3) is 4.16. The Kier molecular flexibility index (Phi) is 5.13. The molecule has 0 heterocycles. The molecule has 48 valence electrons. The molecule has 0 aliphatic carbocycles. The van der Waals surface area contributed by atoms with Gasteiger partial charge >= 0.3 is 0 Å². The van der Waals surface area contributed by atoms with E-state index in [9.17, 15) is 0 Å². The van der Waals surface area contributed by atoms with Crippen LogP contribution in [0.3, 0.4) is 0 Å². The minimum Gasteiger partial charge on any atom is -0.377 e. The van der Waals surface area contributed by atoms with E-state index >= 15 is 0 Å². The molecular weight excluding hydrogens is 124 g/mol. The predicted molar refractivity (Wildman–Crippen MR) is 36.1 cm³/mol. The zero-order chi connectivity index (χ0) is 6.41. The van der Waals surface area contributed by atoms with Crippen molar-refractivity contribution in [3.63, 3.8) is 0 Å². The SMILES string of the molecule is CCOCC(C)=CCl. The van der Waals surface area contributed by atoms with E-state index in [1.807, 2.05) is 13.8 Å². The average Bonchev–Trinajstić information content (AvgIpc) is 1.83. The van der Waals surface area contributed by atoms with Gasteiger partial charge in [-0.2, -0.15) is 0 Å². The first-order valence-corrected chi connectivity index (χ1v) is 3.08. The zero-order valence-corrected chi connectivity index (χ0v) is 6.03. The third-order valence-electron chi connectivity index (χ3n) is 0.720. The van der Waals surface area contributed by atoms with Gasteiger partial charge in [-0.25, -0.2) is 0 Å². The van der Waals surface area contributed by atoms with E-state index in [1.54, 1.807) is 0 Å². The lowest BCUT2D eigenvalue weighted by molar-refractivity contribution is 0.171. The van der Waals surface area contributed by atoms with Gasteiger partial charge in [0.15, 0.2) is 0 Å². The molecule has 0 saturated heterocycles. The Hall–Kier alpha value is -0.0100. The second-order valence-corrected chi connectivity index (χ2v) is 1.81. The van der Waals surface area contributed by atoms with E-state index in [4.69, 9.17) is 16.3 Å². The highest BCUT2D eigenvalue weighted by atomic mass is 35.5. The van der Waals surface area contributed by atoms with E-state index in [1.165, 1.54) is 5.54 Å². The molecule has 0 N–H and O–H groups in total. The van der Waals surface area contributed by atoms with Crippen LogP contribution in [-0.4, -0.2) is 13.2 Å². The van der Waals surface area contributed by atoms with Crippen molar-refractivity contribution >= 4 is 11.6 Å². The molecule has 8 heavy (non-hydrogen) atoms. The lowest BCUT2D eigenvalue weighted by atomic mass is 10.4. The van der Waals surface area contributed by atoms with Crippen molar-refractivity contribution in [1.29, 1.82) is 0 Å². The molecule has 2 heteroatoms. The minimum atomic E-state index is 0.653. The maximum absolute atomic E-state index is 5.35. The van der Waals surface area contributed by atoms with Crippen molar-refractivity contribution in [3.05, 3.63) is 11.1 Å². The van der Waals surface area contributed by atoms with Gasteiger partial charge in [-0.05, 0) is 19.4 Å². The van der Waals surface area contributed by atoms with Crippen molar-refractivity contribution in [2.75, 3.05) is 13.2 Å². The van der Waals surface area contributed by atoms with Crippen molar-refractivity contribution in [1.82, 2.24) is 0 Å². The van der Waals surface area contributed by atoms with Crippen LogP contribution in [0.1, 0.15) is 13.8 Å².